The second-order valence-electron chi connectivity index (χ2n) is 9.29. The highest BCUT2D eigenvalue weighted by Crippen LogP contribution is 2.18. The van der Waals surface area contributed by atoms with Crippen molar-refractivity contribution < 1.29 is 13.9 Å². The lowest BCUT2D eigenvalue weighted by molar-refractivity contribution is -0.162. The molecule has 0 aliphatic carbocycles. The molecule has 35 heavy (non-hydrogen) atoms. The van der Waals surface area contributed by atoms with Gasteiger partial charge in [0, 0.05) is 13.2 Å². The summed E-state index contributed by atoms with van der Waals surface area (Å²) in [6.07, 6.45) is 18.9. The Bertz CT molecular complexity index is 805. The van der Waals surface area contributed by atoms with Crippen molar-refractivity contribution in [2.24, 2.45) is 0 Å². The van der Waals surface area contributed by atoms with Crippen molar-refractivity contribution in [3.05, 3.63) is 85.0 Å². The summed E-state index contributed by atoms with van der Waals surface area (Å²) in [5.74, 6) is 0. The number of unbranched alkanes of at least 4 members (excludes halogenated alkanes) is 2. The summed E-state index contributed by atoms with van der Waals surface area (Å²) in [5, 5.41) is 2.76. The zero-order valence-corrected chi connectivity index (χ0v) is 22.6. The molecule has 0 saturated carbocycles. The molecule has 1 unspecified atom stereocenters. The van der Waals surface area contributed by atoms with E-state index in [9.17, 15) is 0 Å². The molecular formula is C31H44O3Si. The molecule has 0 radical (unpaired) electrons. The Hall–Kier alpha value is -1.98. The van der Waals surface area contributed by atoms with Gasteiger partial charge in [-0.3, -0.25) is 0 Å². The minimum Gasteiger partial charge on any atom is -0.408 e. The summed E-state index contributed by atoms with van der Waals surface area (Å²) < 4.78 is 18.3. The largest absolute Gasteiger partial charge is 0.408 e. The van der Waals surface area contributed by atoms with E-state index >= 15 is 0 Å². The average molecular weight is 493 g/mol. The van der Waals surface area contributed by atoms with Crippen molar-refractivity contribution in [1.82, 2.24) is 0 Å². The fourth-order valence-electron chi connectivity index (χ4n) is 4.60. The van der Waals surface area contributed by atoms with E-state index in [0.29, 0.717) is 0 Å². The van der Waals surface area contributed by atoms with Crippen LogP contribution in [0.4, 0.5) is 0 Å². The summed E-state index contributed by atoms with van der Waals surface area (Å²) in [4.78, 5) is 0. The lowest BCUT2D eigenvalue weighted by atomic mass is 10.2. The van der Waals surface area contributed by atoms with Crippen molar-refractivity contribution >= 4 is 18.7 Å². The van der Waals surface area contributed by atoms with Gasteiger partial charge in [0.15, 0.2) is 6.29 Å². The molecule has 4 heteroatoms. The monoisotopic (exact) mass is 492 g/mol. The predicted octanol–water partition coefficient (Wildman–Crippen LogP) is 6.78. The quantitative estimate of drug-likeness (QED) is 0.147. The smallest absolute Gasteiger partial charge is 0.255 e. The Morgan fingerprint density at radius 1 is 0.829 bits per heavy atom. The van der Waals surface area contributed by atoms with Crippen LogP contribution in [0.2, 0.25) is 6.04 Å². The normalized spacial score (nSPS) is 16.9. The van der Waals surface area contributed by atoms with E-state index in [-0.39, 0.29) is 6.29 Å². The van der Waals surface area contributed by atoms with E-state index in [2.05, 4.69) is 91.9 Å². The maximum absolute atomic E-state index is 6.87. The number of ether oxygens (including phenoxy) is 2. The highest BCUT2D eigenvalue weighted by Gasteiger charge is 2.38. The molecule has 1 saturated heterocycles. The van der Waals surface area contributed by atoms with Crippen LogP contribution in [-0.4, -0.2) is 34.4 Å². The van der Waals surface area contributed by atoms with Crippen molar-refractivity contribution in [2.45, 2.75) is 77.0 Å². The van der Waals surface area contributed by atoms with Gasteiger partial charge >= 0.3 is 0 Å². The van der Waals surface area contributed by atoms with Crippen molar-refractivity contribution in [1.29, 1.82) is 0 Å². The van der Waals surface area contributed by atoms with E-state index in [4.69, 9.17) is 13.9 Å². The SMILES string of the molecule is CCCC[Si](OCC/C=C\C/C=C\CCCOC1CCCCO1)(c1ccccc1)c1ccccc1. The summed E-state index contributed by atoms with van der Waals surface area (Å²) in [7, 11) is -2.24. The van der Waals surface area contributed by atoms with Crippen molar-refractivity contribution in [2.75, 3.05) is 19.8 Å². The Morgan fingerprint density at radius 3 is 2.14 bits per heavy atom. The molecule has 3 rings (SSSR count). The molecule has 1 atom stereocenters. The maximum Gasteiger partial charge on any atom is 0.255 e. The van der Waals surface area contributed by atoms with Gasteiger partial charge in [-0.05, 0) is 61.4 Å². The van der Waals surface area contributed by atoms with Gasteiger partial charge in [-0.25, -0.2) is 0 Å². The molecule has 2 aromatic carbocycles. The second kappa shape index (κ2) is 16.6. The second-order valence-corrected chi connectivity index (χ2v) is 12.9. The zero-order valence-electron chi connectivity index (χ0n) is 21.6. The minimum absolute atomic E-state index is 0.0328. The fraction of sp³-hybridized carbons (Fsp3) is 0.484. The molecule has 1 aliphatic heterocycles. The van der Waals surface area contributed by atoms with E-state index in [1.165, 1.54) is 36.1 Å². The maximum atomic E-state index is 6.87. The van der Waals surface area contributed by atoms with Gasteiger partial charge in [0.05, 0.1) is 6.61 Å². The van der Waals surface area contributed by atoms with Gasteiger partial charge in [-0.15, -0.1) is 0 Å². The van der Waals surface area contributed by atoms with Crippen LogP contribution in [0, 0.1) is 0 Å². The first-order valence-electron chi connectivity index (χ1n) is 13.6. The van der Waals surface area contributed by atoms with Gasteiger partial charge < -0.3 is 13.9 Å². The molecule has 190 valence electrons. The van der Waals surface area contributed by atoms with Gasteiger partial charge in [0.2, 0.25) is 0 Å². The van der Waals surface area contributed by atoms with Crippen LogP contribution in [0.5, 0.6) is 0 Å². The third-order valence-electron chi connectivity index (χ3n) is 6.56. The zero-order chi connectivity index (χ0) is 24.4. The molecule has 1 heterocycles. The molecule has 3 nitrogen and oxygen atoms in total. The van der Waals surface area contributed by atoms with Crippen molar-refractivity contribution in [3.63, 3.8) is 0 Å². The van der Waals surface area contributed by atoms with Crippen LogP contribution in [-0.2, 0) is 13.9 Å². The molecule has 0 N–H and O–H groups in total. The summed E-state index contributed by atoms with van der Waals surface area (Å²) in [6, 6.07) is 23.0. The van der Waals surface area contributed by atoms with Crippen LogP contribution in [0.15, 0.2) is 85.0 Å². The van der Waals surface area contributed by atoms with Gasteiger partial charge in [-0.2, -0.15) is 0 Å². The summed E-state index contributed by atoms with van der Waals surface area (Å²) in [6.45, 7) is 4.67. The van der Waals surface area contributed by atoms with E-state index in [1.54, 1.807) is 0 Å². The first-order chi connectivity index (χ1) is 17.3. The lowest BCUT2D eigenvalue weighted by Crippen LogP contribution is -2.60. The molecule has 0 amide bonds. The topological polar surface area (TPSA) is 27.7 Å². The Labute approximate surface area is 214 Å². The molecule has 0 bridgehead atoms. The molecule has 1 aliphatic rings. The van der Waals surface area contributed by atoms with E-state index in [0.717, 1.165) is 58.0 Å². The molecule has 2 aromatic rings. The number of allylic oxidation sites excluding steroid dienone is 3. The van der Waals surface area contributed by atoms with E-state index in [1.807, 2.05) is 0 Å². The number of rotatable bonds is 16. The van der Waals surface area contributed by atoms with Gasteiger partial charge in [0.1, 0.15) is 0 Å². The third-order valence-corrected chi connectivity index (χ3v) is 10.8. The molecule has 0 aromatic heterocycles. The lowest BCUT2D eigenvalue weighted by Gasteiger charge is -2.32. The first kappa shape index (κ1) is 27.6. The average Bonchev–Trinajstić information content (AvgIpc) is 2.92. The number of benzene rings is 2. The Kier molecular flexibility index (Phi) is 13.1. The highest BCUT2D eigenvalue weighted by atomic mass is 28.4. The predicted molar refractivity (Wildman–Crippen MR) is 150 cm³/mol. The van der Waals surface area contributed by atoms with Crippen LogP contribution >= 0.6 is 0 Å². The van der Waals surface area contributed by atoms with Crippen molar-refractivity contribution in [3.8, 4) is 0 Å². The Balaban J connectivity index is 1.42. The molecule has 1 fully saturated rings. The number of hydrogen-bond acceptors (Lipinski definition) is 3. The molecular weight excluding hydrogens is 448 g/mol. The third kappa shape index (κ3) is 9.53. The fourth-order valence-corrected chi connectivity index (χ4v) is 8.77. The van der Waals surface area contributed by atoms with Gasteiger partial charge in [-0.1, -0.05) is 105 Å². The highest BCUT2D eigenvalue weighted by molar-refractivity contribution is 6.97. The van der Waals surface area contributed by atoms with Crippen LogP contribution < -0.4 is 10.4 Å². The van der Waals surface area contributed by atoms with Crippen LogP contribution in [0.3, 0.4) is 0 Å². The molecule has 0 spiro atoms. The summed E-state index contributed by atoms with van der Waals surface area (Å²) in [5.41, 5.74) is 0. The minimum atomic E-state index is -2.24. The first-order valence-corrected chi connectivity index (χ1v) is 15.7. The van der Waals surface area contributed by atoms with E-state index < -0.39 is 8.32 Å². The Morgan fingerprint density at radius 2 is 1.51 bits per heavy atom. The van der Waals surface area contributed by atoms with Gasteiger partial charge in [0.25, 0.3) is 8.32 Å². The number of hydrogen-bond donors (Lipinski definition) is 0. The van der Waals surface area contributed by atoms with Crippen LogP contribution in [0.25, 0.3) is 0 Å². The standard InChI is InChI=1S/C31H44O3Si/c1-2-3-28-35(29-20-12-10-13-21-29,30-22-14-11-15-23-30)34-27-18-9-7-5-4-6-8-17-25-32-31-24-16-19-26-33-31/h4,6-7,9-15,20-23,31H,2-3,5,8,16-19,24-28H2,1H3/b6-4-,9-7-. The summed E-state index contributed by atoms with van der Waals surface area (Å²) >= 11 is 0. The van der Waals surface area contributed by atoms with Crippen LogP contribution in [0.1, 0.15) is 64.7 Å².